The number of anilines is 5. The van der Waals surface area contributed by atoms with Crippen molar-refractivity contribution >= 4 is 34.8 Å². The number of ketones is 1. The Hall–Kier alpha value is -3.82. The monoisotopic (exact) mass is 447 g/mol. The molecular weight excluding hydrogens is 422 g/mol. The molecule has 10 heteroatoms. The van der Waals surface area contributed by atoms with E-state index in [0.717, 1.165) is 55.5 Å². The third-order valence-corrected chi connectivity index (χ3v) is 6.26. The van der Waals surface area contributed by atoms with Gasteiger partial charge >= 0.3 is 0 Å². The molecule has 2 N–H and O–H groups in total. The van der Waals surface area contributed by atoms with Crippen molar-refractivity contribution in [1.82, 2.24) is 15.0 Å². The predicted molar refractivity (Wildman–Crippen MR) is 124 cm³/mol. The zero-order chi connectivity index (χ0) is 22.4. The molecule has 4 heterocycles. The summed E-state index contributed by atoms with van der Waals surface area (Å²) in [5.74, 6) is 2.61. The second kappa shape index (κ2) is 7.95. The lowest BCUT2D eigenvalue weighted by Crippen LogP contribution is -2.57. The van der Waals surface area contributed by atoms with Gasteiger partial charge in [0.1, 0.15) is 18.2 Å². The zero-order valence-electron chi connectivity index (χ0n) is 18.3. The number of carbonyl (C=O) groups is 1. The number of nitrogens with zero attached hydrogens (tertiary/aromatic N) is 5. The minimum absolute atomic E-state index is 0.0511. The number of oxazole rings is 1. The van der Waals surface area contributed by atoms with Gasteiger partial charge in [0.2, 0.25) is 11.8 Å². The molecule has 1 saturated carbocycles. The van der Waals surface area contributed by atoms with Gasteiger partial charge in [0, 0.05) is 43.6 Å². The molecule has 170 valence electrons. The van der Waals surface area contributed by atoms with E-state index in [4.69, 9.17) is 9.15 Å². The largest absolute Gasteiger partial charge is 0.489 e. The van der Waals surface area contributed by atoms with Crippen molar-refractivity contribution < 1.29 is 13.9 Å². The molecule has 3 aliphatic rings. The van der Waals surface area contributed by atoms with Crippen molar-refractivity contribution in [2.75, 3.05) is 46.7 Å². The Labute approximate surface area is 191 Å². The van der Waals surface area contributed by atoms with Crippen molar-refractivity contribution in [3.8, 4) is 5.75 Å². The fourth-order valence-corrected chi connectivity index (χ4v) is 4.37. The molecule has 1 saturated heterocycles. The lowest BCUT2D eigenvalue weighted by atomic mass is 10.1. The number of piperazine rings is 1. The average molecular weight is 447 g/mol. The summed E-state index contributed by atoms with van der Waals surface area (Å²) in [6.07, 6.45) is 6.99. The van der Waals surface area contributed by atoms with Crippen LogP contribution in [0.25, 0.3) is 0 Å². The highest BCUT2D eigenvalue weighted by Gasteiger charge is 2.34. The molecule has 33 heavy (non-hydrogen) atoms. The molecule has 2 aromatic heterocycles. The molecule has 2 fully saturated rings. The van der Waals surface area contributed by atoms with Crippen LogP contribution in [0.1, 0.15) is 30.1 Å². The fraction of sp³-hybridized carbons (Fsp3) is 0.391. The minimum atomic E-state index is -0.0511. The van der Waals surface area contributed by atoms with Gasteiger partial charge in [0.25, 0.3) is 0 Å². The standard InChI is InChI=1S/C23H25N7O3/c1-14(31)18-9-25-23(28-22(18)26-15-2-3-15)27-16-4-5-19-20(8-16)32-12-17-11-29(6-7-30(17)19)21-10-24-13-33-21/h4-5,8-10,13,15,17H,2-3,6-7,11-12H2,1H3,(H2,25,26,27,28). The van der Waals surface area contributed by atoms with Crippen LogP contribution >= 0.6 is 0 Å². The quantitative estimate of drug-likeness (QED) is 0.547. The summed E-state index contributed by atoms with van der Waals surface area (Å²) in [7, 11) is 0. The van der Waals surface area contributed by atoms with Crippen LogP contribution in [0.3, 0.4) is 0 Å². The summed E-state index contributed by atoms with van der Waals surface area (Å²) in [6.45, 7) is 4.68. The molecule has 0 spiro atoms. The van der Waals surface area contributed by atoms with Crippen molar-refractivity contribution in [2.24, 2.45) is 0 Å². The summed E-state index contributed by atoms with van der Waals surface area (Å²) in [5.41, 5.74) is 2.43. The number of nitrogens with one attached hydrogen (secondary N) is 2. The topological polar surface area (TPSA) is 109 Å². The third kappa shape index (κ3) is 3.92. The maximum atomic E-state index is 11.9. The predicted octanol–water partition coefficient (Wildman–Crippen LogP) is 3.07. The minimum Gasteiger partial charge on any atom is -0.489 e. The number of hydrogen-bond acceptors (Lipinski definition) is 10. The van der Waals surface area contributed by atoms with E-state index in [1.165, 1.54) is 13.3 Å². The SMILES string of the molecule is CC(=O)c1cnc(Nc2ccc3c(c2)OCC2CN(c4cnco4)CCN32)nc1NC1CC1. The average Bonchev–Trinajstić information content (AvgIpc) is 3.46. The number of rotatable bonds is 6. The van der Waals surface area contributed by atoms with Crippen molar-refractivity contribution in [2.45, 2.75) is 31.8 Å². The van der Waals surface area contributed by atoms with Gasteiger partial charge in [-0.05, 0) is 31.9 Å². The number of hydrogen-bond donors (Lipinski definition) is 2. The van der Waals surface area contributed by atoms with Crippen LogP contribution in [0.2, 0.25) is 0 Å². The molecule has 1 atom stereocenters. The van der Waals surface area contributed by atoms with Crippen LogP contribution in [0.4, 0.5) is 29.0 Å². The molecule has 0 radical (unpaired) electrons. The Morgan fingerprint density at radius 2 is 2.12 bits per heavy atom. The van der Waals surface area contributed by atoms with Gasteiger partial charge in [-0.1, -0.05) is 0 Å². The van der Waals surface area contributed by atoms with Gasteiger partial charge < -0.3 is 29.6 Å². The molecule has 1 aromatic carbocycles. The number of carbonyl (C=O) groups excluding carboxylic acids is 1. The molecule has 1 unspecified atom stereocenters. The van der Waals surface area contributed by atoms with Gasteiger partial charge in [-0.3, -0.25) is 4.79 Å². The summed E-state index contributed by atoms with van der Waals surface area (Å²) in [6, 6.07) is 6.68. The maximum absolute atomic E-state index is 11.9. The number of fused-ring (bicyclic) bond motifs is 3. The zero-order valence-corrected chi connectivity index (χ0v) is 18.3. The van der Waals surface area contributed by atoms with Crippen LogP contribution in [0, 0.1) is 0 Å². The molecule has 2 aliphatic heterocycles. The van der Waals surface area contributed by atoms with Gasteiger partial charge in [-0.15, -0.1) is 0 Å². The van der Waals surface area contributed by atoms with E-state index in [2.05, 4.69) is 41.5 Å². The van der Waals surface area contributed by atoms with E-state index in [-0.39, 0.29) is 11.8 Å². The number of ether oxygens (including phenoxy) is 1. The maximum Gasteiger partial charge on any atom is 0.229 e. The summed E-state index contributed by atoms with van der Waals surface area (Å²) < 4.78 is 11.6. The highest BCUT2D eigenvalue weighted by atomic mass is 16.5. The van der Waals surface area contributed by atoms with E-state index in [0.29, 0.717) is 30.0 Å². The van der Waals surface area contributed by atoms with Gasteiger partial charge in [-0.25, -0.2) is 9.97 Å². The van der Waals surface area contributed by atoms with E-state index in [9.17, 15) is 4.79 Å². The normalized spacial score (nSPS) is 19.4. The Kier molecular flexibility index (Phi) is 4.78. The van der Waals surface area contributed by atoms with Crippen LogP contribution in [-0.2, 0) is 0 Å². The molecule has 6 rings (SSSR count). The lowest BCUT2D eigenvalue weighted by molar-refractivity contribution is 0.101. The smallest absolute Gasteiger partial charge is 0.229 e. The Balaban J connectivity index is 1.19. The summed E-state index contributed by atoms with van der Waals surface area (Å²) in [4.78, 5) is 29.4. The van der Waals surface area contributed by atoms with E-state index in [1.54, 1.807) is 12.4 Å². The Morgan fingerprint density at radius 3 is 2.91 bits per heavy atom. The molecular formula is C23H25N7O3. The third-order valence-electron chi connectivity index (χ3n) is 6.26. The van der Waals surface area contributed by atoms with Crippen molar-refractivity contribution in [1.29, 1.82) is 0 Å². The first-order chi connectivity index (χ1) is 16.1. The highest BCUT2D eigenvalue weighted by molar-refractivity contribution is 5.98. The molecule has 1 aliphatic carbocycles. The van der Waals surface area contributed by atoms with Gasteiger partial charge in [0.15, 0.2) is 12.2 Å². The fourth-order valence-electron chi connectivity index (χ4n) is 4.37. The molecule has 3 aromatic rings. The number of aromatic nitrogens is 3. The summed E-state index contributed by atoms with van der Waals surface area (Å²) in [5, 5.41) is 6.58. The first kappa shape index (κ1) is 19.8. The molecule has 0 bridgehead atoms. The van der Waals surface area contributed by atoms with E-state index in [1.807, 2.05) is 12.1 Å². The Bertz CT molecular complexity index is 1180. The molecule has 10 nitrogen and oxygen atoms in total. The lowest BCUT2D eigenvalue weighted by Gasteiger charge is -2.45. The van der Waals surface area contributed by atoms with E-state index < -0.39 is 0 Å². The van der Waals surface area contributed by atoms with Crippen molar-refractivity contribution in [3.05, 3.63) is 42.5 Å². The van der Waals surface area contributed by atoms with Gasteiger partial charge in [0.05, 0.1) is 23.5 Å². The first-order valence-corrected chi connectivity index (χ1v) is 11.2. The van der Waals surface area contributed by atoms with Crippen LogP contribution < -0.4 is 25.2 Å². The second-order valence-corrected chi connectivity index (χ2v) is 8.68. The Morgan fingerprint density at radius 1 is 1.21 bits per heavy atom. The number of Topliss-reactive ketones (excluding diaryl/α,β-unsaturated/α-hetero) is 1. The molecule has 0 amide bonds. The van der Waals surface area contributed by atoms with Crippen LogP contribution in [0.15, 0.2) is 41.4 Å². The van der Waals surface area contributed by atoms with E-state index >= 15 is 0 Å². The highest BCUT2D eigenvalue weighted by Crippen LogP contribution is 2.38. The summed E-state index contributed by atoms with van der Waals surface area (Å²) >= 11 is 0. The van der Waals surface area contributed by atoms with Crippen LogP contribution in [-0.4, -0.2) is 59.1 Å². The first-order valence-electron chi connectivity index (χ1n) is 11.2. The van der Waals surface area contributed by atoms with Gasteiger partial charge in [-0.2, -0.15) is 4.98 Å². The van der Waals surface area contributed by atoms with Crippen molar-refractivity contribution in [3.63, 3.8) is 0 Å². The number of benzene rings is 1. The van der Waals surface area contributed by atoms with Crippen LogP contribution in [0.5, 0.6) is 5.75 Å². The second-order valence-electron chi connectivity index (χ2n) is 8.68.